The van der Waals surface area contributed by atoms with E-state index in [9.17, 15) is 9.59 Å². The Kier molecular flexibility index (Phi) is 5.63. The molecule has 3 N–H and O–H groups in total. The molecule has 0 aliphatic carbocycles. The molecule has 2 aromatic carbocycles. The molecule has 0 fully saturated rings. The van der Waals surface area contributed by atoms with Crippen LogP contribution in [-0.2, 0) is 6.61 Å². The summed E-state index contributed by atoms with van der Waals surface area (Å²) in [6, 6.07) is 17.2. The van der Waals surface area contributed by atoms with Crippen LogP contribution >= 0.6 is 0 Å². The number of pyridine rings is 1. The van der Waals surface area contributed by atoms with Gasteiger partial charge in [-0.2, -0.15) is 5.26 Å². The van der Waals surface area contributed by atoms with Crippen LogP contribution in [0.4, 0.5) is 5.69 Å². The molecule has 0 spiro atoms. The van der Waals surface area contributed by atoms with Gasteiger partial charge in [0.1, 0.15) is 12.4 Å². The SMILES string of the molecule is N#Cc1cccc(C(=O)Nc2cccc(COc3cncc(C(N)=O)c3)c2)c1. The number of primary amides is 1. The van der Waals surface area contributed by atoms with Crippen LogP contribution in [0.25, 0.3) is 0 Å². The second-order valence-corrected chi connectivity index (χ2v) is 5.91. The summed E-state index contributed by atoms with van der Waals surface area (Å²) in [4.78, 5) is 27.5. The number of nitriles is 1. The van der Waals surface area contributed by atoms with Gasteiger partial charge < -0.3 is 15.8 Å². The van der Waals surface area contributed by atoms with Gasteiger partial charge in [-0.05, 0) is 42.0 Å². The zero-order valence-electron chi connectivity index (χ0n) is 14.8. The number of hydrogen-bond acceptors (Lipinski definition) is 5. The lowest BCUT2D eigenvalue weighted by atomic mass is 10.1. The summed E-state index contributed by atoms with van der Waals surface area (Å²) in [5.74, 6) is -0.476. The van der Waals surface area contributed by atoms with Gasteiger partial charge in [0.25, 0.3) is 5.91 Å². The maximum atomic E-state index is 12.4. The van der Waals surface area contributed by atoms with Gasteiger partial charge in [0.2, 0.25) is 5.91 Å². The number of ether oxygens (including phenoxy) is 1. The monoisotopic (exact) mass is 372 g/mol. The Balaban J connectivity index is 1.67. The van der Waals surface area contributed by atoms with E-state index < -0.39 is 5.91 Å². The molecule has 0 atom stereocenters. The number of rotatable bonds is 6. The van der Waals surface area contributed by atoms with Crippen molar-refractivity contribution in [2.24, 2.45) is 5.73 Å². The quantitative estimate of drug-likeness (QED) is 0.690. The lowest BCUT2D eigenvalue weighted by Gasteiger charge is -2.09. The minimum Gasteiger partial charge on any atom is -0.487 e. The fourth-order valence-electron chi connectivity index (χ4n) is 2.47. The van der Waals surface area contributed by atoms with Crippen LogP contribution in [-0.4, -0.2) is 16.8 Å². The highest BCUT2D eigenvalue weighted by Crippen LogP contribution is 2.17. The summed E-state index contributed by atoms with van der Waals surface area (Å²) in [6.45, 7) is 0.220. The first-order chi connectivity index (χ1) is 13.5. The number of anilines is 1. The first-order valence-electron chi connectivity index (χ1n) is 8.33. The number of nitrogens with zero attached hydrogens (tertiary/aromatic N) is 2. The van der Waals surface area contributed by atoms with Crippen molar-refractivity contribution in [2.75, 3.05) is 5.32 Å². The highest BCUT2D eigenvalue weighted by Gasteiger charge is 2.08. The largest absolute Gasteiger partial charge is 0.487 e. The molecule has 0 radical (unpaired) electrons. The predicted molar refractivity (Wildman–Crippen MR) is 103 cm³/mol. The molecule has 1 heterocycles. The van der Waals surface area contributed by atoms with Crippen LogP contribution in [0.5, 0.6) is 5.75 Å². The summed E-state index contributed by atoms with van der Waals surface area (Å²) < 4.78 is 5.64. The molecule has 2 amide bonds. The first kappa shape index (κ1) is 18.6. The Morgan fingerprint density at radius 2 is 1.89 bits per heavy atom. The molecule has 3 rings (SSSR count). The molecule has 7 nitrogen and oxygen atoms in total. The maximum Gasteiger partial charge on any atom is 0.255 e. The van der Waals surface area contributed by atoms with Crippen LogP contribution < -0.4 is 15.8 Å². The van der Waals surface area contributed by atoms with Gasteiger partial charge in [-0.1, -0.05) is 18.2 Å². The highest BCUT2D eigenvalue weighted by atomic mass is 16.5. The normalized spacial score (nSPS) is 9.96. The van der Waals surface area contributed by atoms with E-state index in [0.717, 1.165) is 5.56 Å². The maximum absolute atomic E-state index is 12.4. The third-order valence-corrected chi connectivity index (χ3v) is 3.84. The number of carbonyl (C=O) groups is 2. The van der Waals surface area contributed by atoms with Crippen molar-refractivity contribution in [1.29, 1.82) is 5.26 Å². The number of carbonyl (C=O) groups excluding carboxylic acids is 2. The Bertz CT molecular complexity index is 1070. The summed E-state index contributed by atoms with van der Waals surface area (Å²) in [7, 11) is 0. The van der Waals surface area contributed by atoms with E-state index in [-0.39, 0.29) is 18.1 Å². The molecule has 3 aromatic rings. The first-order valence-corrected chi connectivity index (χ1v) is 8.33. The van der Waals surface area contributed by atoms with Gasteiger partial charge in [0.15, 0.2) is 0 Å². The third kappa shape index (κ3) is 4.71. The fourth-order valence-corrected chi connectivity index (χ4v) is 2.47. The van der Waals surface area contributed by atoms with Gasteiger partial charge >= 0.3 is 0 Å². The summed E-state index contributed by atoms with van der Waals surface area (Å²) in [5, 5.41) is 11.7. The molecule has 0 bridgehead atoms. The molecular weight excluding hydrogens is 356 g/mol. The van der Waals surface area contributed by atoms with E-state index in [1.807, 2.05) is 12.1 Å². The number of hydrogen-bond donors (Lipinski definition) is 2. The minimum atomic E-state index is -0.580. The minimum absolute atomic E-state index is 0.220. The highest BCUT2D eigenvalue weighted by molar-refractivity contribution is 6.04. The van der Waals surface area contributed by atoms with E-state index in [1.165, 1.54) is 24.5 Å². The molecule has 138 valence electrons. The van der Waals surface area contributed by atoms with Gasteiger partial charge in [-0.3, -0.25) is 14.6 Å². The average molecular weight is 372 g/mol. The topological polar surface area (TPSA) is 118 Å². The lowest BCUT2D eigenvalue weighted by molar-refractivity contribution is 0.0997. The second-order valence-electron chi connectivity index (χ2n) is 5.91. The molecule has 1 aromatic heterocycles. The number of benzene rings is 2. The predicted octanol–water partition coefficient (Wildman–Crippen LogP) is 2.88. The smallest absolute Gasteiger partial charge is 0.255 e. The van der Waals surface area contributed by atoms with Gasteiger partial charge in [-0.25, -0.2) is 0 Å². The second kappa shape index (κ2) is 8.47. The number of amides is 2. The van der Waals surface area contributed by atoms with E-state index >= 15 is 0 Å². The van der Waals surface area contributed by atoms with Gasteiger partial charge in [0.05, 0.1) is 23.4 Å². The zero-order chi connectivity index (χ0) is 19.9. The molecule has 0 aliphatic heterocycles. The molecule has 7 heteroatoms. The van der Waals surface area contributed by atoms with Crippen LogP contribution in [0.3, 0.4) is 0 Å². The van der Waals surface area contributed by atoms with Gasteiger partial charge in [0, 0.05) is 17.4 Å². The Hall–Kier alpha value is -4.18. The standard InChI is InChI=1S/C21H16N4O3/c22-10-14-3-1-5-16(7-14)21(27)25-18-6-2-4-15(8-18)13-28-19-9-17(20(23)26)11-24-12-19/h1-9,11-12H,13H2,(H2,23,26)(H,25,27). The van der Waals surface area contributed by atoms with Crippen molar-refractivity contribution in [2.45, 2.75) is 6.61 Å². The number of nitrogens with two attached hydrogens (primary N) is 1. The van der Waals surface area contributed by atoms with Crippen molar-refractivity contribution in [3.8, 4) is 11.8 Å². The summed E-state index contributed by atoms with van der Waals surface area (Å²) in [5.41, 5.74) is 7.72. The Morgan fingerprint density at radius 3 is 2.68 bits per heavy atom. The molecule has 0 aliphatic rings. The van der Waals surface area contributed by atoms with Gasteiger partial charge in [-0.15, -0.1) is 0 Å². The third-order valence-electron chi connectivity index (χ3n) is 3.84. The van der Waals surface area contributed by atoms with Crippen molar-refractivity contribution in [1.82, 2.24) is 4.98 Å². The average Bonchev–Trinajstić information content (AvgIpc) is 2.72. The molecule has 0 saturated carbocycles. The molecule has 28 heavy (non-hydrogen) atoms. The Labute approximate surface area is 161 Å². The molecular formula is C21H16N4O3. The summed E-state index contributed by atoms with van der Waals surface area (Å²) >= 11 is 0. The molecule has 0 unspecified atom stereocenters. The van der Waals surface area contributed by atoms with Crippen molar-refractivity contribution in [3.63, 3.8) is 0 Å². The lowest BCUT2D eigenvalue weighted by Crippen LogP contribution is -2.12. The molecule has 0 saturated heterocycles. The van der Waals surface area contributed by atoms with Crippen molar-refractivity contribution < 1.29 is 14.3 Å². The van der Waals surface area contributed by atoms with Crippen molar-refractivity contribution in [3.05, 3.63) is 89.2 Å². The van der Waals surface area contributed by atoms with E-state index in [2.05, 4.69) is 10.3 Å². The Morgan fingerprint density at radius 1 is 1.07 bits per heavy atom. The van der Waals surface area contributed by atoms with E-state index in [1.54, 1.807) is 36.4 Å². The van der Waals surface area contributed by atoms with Crippen LogP contribution in [0.1, 0.15) is 31.8 Å². The van der Waals surface area contributed by atoms with Crippen LogP contribution in [0.15, 0.2) is 67.0 Å². The van der Waals surface area contributed by atoms with Crippen molar-refractivity contribution >= 4 is 17.5 Å². The van der Waals surface area contributed by atoms with Crippen LogP contribution in [0, 0.1) is 11.3 Å². The number of aromatic nitrogens is 1. The van der Waals surface area contributed by atoms with E-state index in [4.69, 9.17) is 15.7 Å². The fraction of sp³-hybridized carbons (Fsp3) is 0.0476. The van der Waals surface area contributed by atoms with E-state index in [0.29, 0.717) is 22.6 Å². The zero-order valence-corrected chi connectivity index (χ0v) is 14.8. The summed E-state index contributed by atoms with van der Waals surface area (Å²) in [6.07, 6.45) is 2.85. The number of nitrogens with one attached hydrogen (secondary N) is 1. The van der Waals surface area contributed by atoms with Crippen LogP contribution in [0.2, 0.25) is 0 Å².